The first-order chi connectivity index (χ1) is 17.0. The summed E-state index contributed by atoms with van der Waals surface area (Å²) in [4.78, 5) is 17.1. The molecule has 2 aromatic carbocycles. The van der Waals surface area contributed by atoms with Crippen LogP contribution in [0.4, 0.5) is 0 Å². The van der Waals surface area contributed by atoms with Crippen LogP contribution in [0.5, 0.6) is 17.2 Å². The van der Waals surface area contributed by atoms with Crippen molar-refractivity contribution < 1.29 is 19.4 Å². The topological polar surface area (TPSA) is 92.4 Å². The lowest BCUT2D eigenvalue weighted by molar-refractivity contribution is -0.171. The lowest BCUT2D eigenvalue weighted by Gasteiger charge is -2.45. The van der Waals surface area contributed by atoms with Crippen molar-refractivity contribution in [1.29, 1.82) is 5.26 Å². The maximum absolute atomic E-state index is 13.1. The molecule has 0 unspecified atom stereocenters. The Morgan fingerprint density at radius 2 is 1.86 bits per heavy atom. The fourth-order valence-corrected chi connectivity index (χ4v) is 5.46. The molecule has 1 saturated heterocycles. The Balaban J connectivity index is 1.54. The summed E-state index contributed by atoms with van der Waals surface area (Å²) in [5.74, 6) is 0.894. The Labute approximate surface area is 216 Å². The zero-order valence-corrected chi connectivity index (χ0v) is 21.6. The van der Waals surface area contributed by atoms with E-state index in [0.717, 1.165) is 12.8 Å². The minimum absolute atomic E-state index is 0.00103. The number of aromatic hydroxyl groups is 1. The number of rotatable bonds is 6. The fourth-order valence-electron chi connectivity index (χ4n) is 5.24. The van der Waals surface area contributed by atoms with E-state index in [1.165, 1.54) is 12.3 Å². The number of ether oxygens (including phenoxy) is 2. The maximum atomic E-state index is 13.1. The Hall–Kier alpha value is -3.40. The monoisotopic (exact) mass is 504 g/mol. The van der Waals surface area contributed by atoms with Crippen molar-refractivity contribution in [3.8, 4) is 34.4 Å². The van der Waals surface area contributed by atoms with Crippen LogP contribution in [0.25, 0.3) is 11.1 Å². The van der Waals surface area contributed by atoms with E-state index in [1.54, 1.807) is 42.6 Å². The average molecular weight is 505 g/mol. The van der Waals surface area contributed by atoms with Crippen molar-refractivity contribution >= 4 is 17.4 Å². The quantitative estimate of drug-likeness (QED) is 0.353. The van der Waals surface area contributed by atoms with Crippen LogP contribution in [0.2, 0.25) is 5.02 Å². The molecule has 1 aliphatic heterocycles. The molecule has 0 spiro atoms. The van der Waals surface area contributed by atoms with E-state index in [0.29, 0.717) is 34.6 Å². The number of Topliss-reactive ketones (excluding diaryl/α,β-unsaturated/α-hetero) is 1. The molecule has 0 atom stereocenters. The van der Waals surface area contributed by atoms with Crippen LogP contribution in [-0.4, -0.2) is 27.1 Å². The highest BCUT2D eigenvalue weighted by Crippen LogP contribution is 2.41. The molecule has 0 radical (unpaired) electrons. The second-order valence-electron chi connectivity index (χ2n) is 10.5. The molecule has 0 aliphatic carbocycles. The summed E-state index contributed by atoms with van der Waals surface area (Å²) in [6, 6.07) is 13.8. The van der Waals surface area contributed by atoms with Gasteiger partial charge in [0.1, 0.15) is 28.9 Å². The van der Waals surface area contributed by atoms with Gasteiger partial charge in [0.05, 0.1) is 22.4 Å². The third kappa shape index (κ3) is 5.87. The number of nitriles is 1. The maximum Gasteiger partial charge on any atom is 0.163 e. The van der Waals surface area contributed by atoms with Gasteiger partial charge in [-0.2, -0.15) is 5.26 Å². The van der Waals surface area contributed by atoms with Gasteiger partial charge in [-0.1, -0.05) is 23.7 Å². The molecule has 2 heterocycles. The standard InChI is InChI=1S/C29H29ClN2O4/c1-28(2)13-18(14-29(3,4)36-28)10-25(34)19-8-9-27(24(30)12-19)35-26-7-5-6-22(23(26)15-31)20-11-21(33)17-32-16-20/h5-9,11-12,16-18,33H,10,13-14H2,1-4H3. The van der Waals surface area contributed by atoms with Crippen LogP contribution in [0.1, 0.15) is 62.9 Å². The molecule has 3 aromatic rings. The minimum atomic E-state index is -0.274. The van der Waals surface area contributed by atoms with Crippen molar-refractivity contribution in [1.82, 2.24) is 4.98 Å². The summed E-state index contributed by atoms with van der Waals surface area (Å²) >= 11 is 6.51. The number of benzene rings is 2. The molecular weight excluding hydrogens is 476 g/mol. The SMILES string of the molecule is CC1(C)CC(CC(=O)c2ccc(Oc3cccc(-c4cncc(O)c4)c3C#N)c(Cl)c2)CC(C)(C)O1. The van der Waals surface area contributed by atoms with Gasteiger partial charge in [-0.15, -0.1) is 0 Å². The Kier molecular flexibility index (Phi) is 7.08. The zero-order chi connectivity index (χ0) is 26.1. The lowest BCUT2D eigenvalue weighted by Crippen LogP contribution is -2.45. The first-order valence-electron chi connectivity index (χ1n) is 11.8. The summed E-state index contributed by atoms with van der Waals surface area (Å²) in [5, 5.41) is 19.9. The Morgan fingerprint density at radius 1 is 1.14 bits per heavy atom. The largest absolute Gasteiger partial charge is 0.506 e. The summed E-state index contributed by atoms with van der Waals surface area (Å²) in [6.07, 6.45) is 4.94. The number of aromatic nitrogens is 1. The van der Waals surface area contributed by atoms with E-state index in [9.17, 15) is 15.2 Å². The molecule has 1 fully saturated rings. The van der Waals surface area contributed by atoms with Gasteiger partial charge in [0, 0.05) is 29.3 Å². The van der Waals surface area contributed by atoms with Crippen molar-refractivity contribution in [2.24, 2.45) is 5.92 Å². The van der Waals surface area contributed by atoms with Gasteiger partial charge in [0.15, 0.2) is 5.78 Å². The van der Waals surface area contributed by atoms with E-state index in [4.69, 9.17) is 21.1 Å². The normalized spacial score (nSPS) is 16.8. The average Bonchev–Trinajstić information content (AvgIpc) is 2.78. The molecule has 36 heavy (non-hydrogen) atoms. The highest BCUT2D eigenvalue weighted by molar-refractivity contribution is 6.32. The first-order valence-corrected chi connectivity index (χ1v) is 12.2. The van der Waals surface area contributed by atoms with Gasteiger partial charge in [-0.05, 0) is 76.8 Å². The second kappa shape index (κ2) is 9.93. The number of carbonyl (C=O) groups excluding carboxylic acids is 1. The van der Waals surface area contributed by atoms with Crippen LogP contribution in [-0.2, 0) is 4.74 Å². The summed E-state index contributed by atoms with van der Waals surface area (Å²) in [5.41, 5.74) is 1.42. The molecular formula is C29H29ClN2O4. The number of nitrogens with zero attached hydrogens (tertiary/aromatic N) is 2. The van der Waals surface area contributed by atoms with E-state index < -0.39 is 0 Å². The number of hydrogen-bond donors (Lipinski definition) is 1. The van der Waals surface area contributed by atoms with E-state index in [1.807, 2.05) is 0 Å². The van der Waals surface area contributed by atoms with E-state index >= 15 is 0 Å². The Bertz CT molecular complexity index is 1330. The molecule has 1 aliphatic rings. The molecule has 4 rings (SSSR count). The third-order valence-electron chi connectivity index (χ3n) is 6.23. The van der Waals surface area contributed by atoms with Gasteiger partial charge in [-0.25, -0.2) is 0 Å². The summed E-state index contributed by atoms with van der Waals surface area (Å²) < 4.78 is 12.1. The highest BCUT2D eigenvalue weighted by atomic mass is 35.5. The van der Waals surface area contributed by atoms with Crippen molar-refractivity contribution in [2.45, 2.75) is 58.2 Å². The predicted molar refractivity (Wildman–Crippen MR) is 138 cm³/mol. The number of pyridine rings is 1. The van der Waals surface area contributed by atoms with Gasteiger partial charge in [0.2, 0.25) is 0 Å². The fraction of sp³-hybridized carbons (Fsp3) is 0.345. The van der Waals surface area contributed by atoms with Crippen molar-refractivity contribution in [3.05, 3.63) is 71.0 Å². The highest BCUT2D eigenvalue weighted by Gasteiger charge is 2.39. The van der Waals surface area contributed by atoms with Crippen molar-refractivity contribution in [2.75, 3.05) is 0 Å². The van der Waals surface area contributed by atoms with Crippen molar-refractivity contribution in [3.63, 3.8) is 0 Å². The third-order valence-corrected chi connectivity index (χ3v) is 6.53. The second-order valence-corrected chi connectivity index (χ2v) is 10.9. The first kappa shape index (κ1) is 25.7. The summed E-state index contributed by atoms with van der Waals surface area (Å²) in [7, 11) is 0. The lowest BCUT2D eigenvalue weighted by atomic mass is 9.78. The van der Waals surface area contributed by atoms with Crippen LogP contribution >= 0.6 is 11.6 Å². The van der Waals surface area contributed by atoms with Gasteiger partial charge >= 0.3 is 0 Å². The van der Waals surface area contributed by atoms with E-state index in [2.05, 4.69) is 38.7 Å². The number of ketones is 1. The molecule has 1 N–H and O–H groups in total. The minimum Gasteiger partial charge on any atom is -0.506 e. The van der Waals surface area contributed by atoms with E-state index in [-0.39, 0.29) is 39.2 Å². The van der Waals surface area contributed by atoms with Crippen LogP contribution in [0.3, 0.4) is 0 Å². The molecule has 7 heteroatoms. The van der Waals surface area contributed by atoms with Crippen LogP contribution in [0, 0.1) is 17.2 Å². The van der Waals surface area contributed by atoms with Gasteiger partial charge in [0.25, 0.3) is 0 Å². The molecule has 1 aromatic heterocycles. The molecule has 0 bridgehead atoms. The predicted octanol–water partition coefficient (Wildman–Crippen LogP) is 7.33. The molecule has 0 amide bonds. The van der Waals surface area contributed by atoms with Crippen LogP contribution in [0.15, 0.2) is 54.9 Å². The molecule has 186 valence electrons. The van der Waals surface area contributed by atoms with Crippen LogP contribution < -0.4 is 4.74 Å². The van der Waals surface area contributed by atoms with Gasteiger partial charge < -0.3 is 14.6 Å². The Morgan fingerprint density at radius 3 is 2.50 bits per heavy atom. The molecule has 0 saturated carbocycles. The molecule has 6 nitrogen and oxygen atoms in total. The number of halogens is 1. The van der Waals surface area contributed by atoms with Gasteiger partial charge in [-0.3, -0.25) is 9.78 Å². The smallest absolute Gasteiger partial charge is 0.163 e. The summed E-state index contributed by atoms with van der Waals surface area (Å²) in [6.45, 7) is 8.26. The number of carbonyl (C=O) groups is 1. The number of hydrogen-bond acceptors (Lipinski definition) is 6. The zero-order valence-electron chi connectivity index (χ0n) is 20.8.